The topological polar surface area (TPSA) is 114 Å². The number of nitro groups is 1. The van der Waals surface area contributed by atoms with Crippen molar-refractivity contribution in [1.82, 2.24) is 4.90 Å². The number of hydrazine groups is 1. The summed E-state index contributed by atoms with van der Waals surface area (Å²) in [5, 5.41) is 13.8. The fraction of sp³-hybridized carbons (Fsp3) is 0.462. The van der Waals surface area contributed by atoms with Crippen molar-refractivity contribution in [3.05, 3.63) is 28.3 Å². The molecule has 116 valence electrons. The number of carbonyl (C=O) groups is 1. The number of hydrogen-bond donors (Lipinski definition) is 3. The van der Waals surface area contributed by atoms with Crippen LogP contribution in [0.2, 0.25) is 0 Å². The van der Waals surface area contributed by atoms with Gasteiger partial charge in [0, 0.05) is 43.9 Å². The first kappa shape index (κ1) is 16.7. The third-order valence-corrected chi connectivity index (χ3v) is 3.08. The van der Waals surface area contributed by atoms with Crippen LogP contribution >= 0.6 is 0 Å². The molecule has 21 heavy (non-hydrogen) atoms. The summed E-state index contributed by atoms with van der Waals surface area (Å²) in [4.78, 5) is 23.9. The predicted molar refractivity (Wildman–Crippen MR) is 81.9 cm³/mol. The summed E-state index contributed by atoms with van der Waals surface area (Å²) in [7, 11) is 0. The van der Waals surface area contributed by atoms with Crippen LogP contribution in [0.5, 0.6) is 0 Å². The second-order valence-corrected chi connectivity index (χ2v) is 4.41. The molecule has 0 saturated heterocycles. The minimum absolute atomic E-state index is 0.0510. The number of hydrogen-bond acceptors (Lipinski definition) is 6. The van der Waals surface area contributed by atoms with Crippen LogP contribution in [0.25, 0.3) is 0 Å². The Morgan fingerprint density at radius 3 is 2.43 bits per heavy atom. The van der Waals surface area contributed by atoms with E-state index in [1.54, 1.807) is 11.0 Å². The largest absolute Gasteiger partial charge is 0.384 e. The zero-order valence-corrected chi connectivity index (χ0v) is 12.3. The van der Waals surface area contributed by atoms with Gasteiger partial charge >= 0.3 is 0 Å². The number of anilines is 2. The average molecular weight is 295 g/mol. The summed E-state index contributed by atoms with van der Waals surface area (Å²) in [5.74, 6) is 5.33. The fourth-order valence-corrected chi connectivity index (χ4v) is 1.95. The number of nitro benzene ring substituents is 1. The van der Waals surface area contributed by atoms with Gasteiger partial charge in [-0.15, -0.1) is 0 Å². The number of nitrogens with one attached hydrogen (secondary N) is 2. The summed E-state index contributed by atoms with van der Waals surface area (Å²) in [6, 6.07) is 4.39. The van der Waals surface area contributed by atoms with Crippen LogP contribution in [0.3, 0.4) is 0 Å². The van der Waals surface area contributed by atoms with Gasteiger partial charge in [0.1, 0.15) is 0 Å². The number of carbonyl (C=O) groups excluding carboxylic acids is 1. The van der Waals surface area contributed by atoms with E-state index in [1.807, 2.05) is 13.8 Å². The summed E-state index contributed by atoms with van der Waals surface area (Å²) in [5.41, 5.74) is 3.29. The van der Waals surface area contributed by atoms with Crippen LogP contribution in [0.1, 0.15) is 20.3 Å². The molecular formula is C13H21N5O3. The number of amides is 1. The highest BCUT2D eigenvalue weighted by Gasteiger charge is 2.11. The number of benzene rings is 1. The Bertz CT molecular complexity index is 503. The van der Waals surface area contributed by atoms with Gasteiger partial charge in [0.2, 0.25) is 5.91 Å². The quantitative estimate of drug-likeness (QED) is 0.381. The molecule has 0 spiro atoms. The summed E-state index contributed by atoms with van der Waals surface area (Å²) < 4.78 is 0. The molecule has 0 unspecified atom stereocenters. The highest BCUT2D eigenvalue weighted by atomic mass is 16.6. The fourth-order valence-electron chi connectivity index (χ4n) is 1.95. The van der Waals surface area contributed by atoms with Crippen LogP contribution in [0.4, 0.5) is 17.1 Å². The number of nitrogen functional groups attached to an aromatic ring is 1. The van der Waals surface area contributed by atoms with Crippen molar-refractivity contribution in [2.75, 3.05) is 30.4 Å². The second-order valence-electron chi connectivity index (χ2n) is 4.41. The molecule has 8 nitrogen and oxygen atoms in total. The van der Waals surface area contributed by atoms with E-state index in [2.05, 4.69) is 10.7 Å². The molecule has 0 aliphatic rings. The first-order valence-electron chi connectivity index (χ1n) is 6.79. The molecule has 0 fully saturated rings. The molecule has 1 aromatic rings. The van der Waals surface area contributed by atoms with Gasteiger partial charge < -0.3 is 15.6 Å². The average Bonchev–Trinajstić information content (AvgIpc) is 2.48. The summed E-state index contributed by atoms with van der Waals surface area (Å²) in [6.07, 6.45) is 0.329. The van der Waals surface area contributed by atoms with Crippen molar-refractivity contribution in [1.29, 1.82) is 0 Å². The minimum atomic E-state index is -0.493. The summed E-state index contributed by atoms with van der Waals surface area (Å²) >= 11 is 0. The van der Waals surface area contributed by atoms with E-state index in [4.69, 9.17) is 5.84 Å². The lowest BCUT2D eigenvalue weighted by Gasteiger charge is -2.18. The van der Waals surface area contributed by atoms with Gasteiger partial charge in [0.05, 0.1) is 10.6 Å². The van der Waals surface area contributed by atoms with Crippen molar-refractivity contribution in [3.8, 4) is 0 Å². The lowest BCUT2D eigenvalue weighted by molar-refractivity contribution is -0.384. The van der Waals surface area contributed by atoms with Crippen molar-refractivity contribution in [3.63, 3.8) is 0 Å². The Hall–Kier alpha value is -2.35. The number of rotatable bonds is 8. The Morgan fingerprint density at radius 2 is 1.90 bits per heavy atom. The van der Waals surface area contributed by atoms with Crippen LogP contribution in [0.15, 0.2) is 18.2 Å². The monoisotopic (exact) mass is 295 g/mol. The van der Waals surface area contributed by atoms with Crippen molar-refractivity contribution < 1.29 is 9.72 Å². The maximum atomic E-state index is 11.8. The first-order valence-corrected chi connectivity index (χ1v) is 6.79. The van der Waals surface area contributed by atoms with Crippen LogP contribution in [-0.2, 0) is 4.79 Å². The molecule has 0 heterocycles. The standard InChI is InChI=1S/C13H21N5O3/c1-3-17(4-2)13(19)5-6-15-10-7-11(16-14)9-12(8-10)18(20)21/h7-9,15-16H,3-6,14H2,1-2H3. The number of nitrogens with zero attached hydrogens (tertiary/aromatic N) is 2. The Kier molecular flexibility index (Phi) is 6.41. The smallest absolute Gasteiger partial charge is 0.273 e. The second kappa shape index (κ2) is 8.05. The van der Waals surface area contributed by atoms with E-state index >= 15 is 0 Å². The van der Waals surface area contributed by atoms with Gasteiger partial charge in [-0.3, -0.25) is 20.8 Å². The highest BCUT2D eigenvalue weighted by Crippen LogP contribution is 2.23. The molecule has 1 aromatic carbocycles. The molecule has 0 radical (unpaired) electrons. The van der Waals surface area contributed by atoms with Gasteiger partial charge in [-0.25, -0.2) is 0 Å². The van der Waals surface area contributed by atoms with Crippen molar-refractivity contribution >= 4 is 23.0 Å². The summed E-state index contributed by atoms with van der Waals surface area (Å²) in [6.45, 7) is 5.60. The molecule has 1 amide bonds. The zero-order valence-electron chi connectivity index (χ0n) is 12.3. The Morgan fingerprint density at radius 1 is 1.29 bits per heavy atom. The maximum absolute atomic E-state index is 11.8. The third kappa shape index (κ3) is 4.92. The van der Waals surface area contributed by atoms with Crippen LogP contribution in [0, 0.1) is 10.1 Å². The molecule has 0 aromatic heterocycles. The predicted octanol–water partition coefficient (Wildman–Crippen LogP) is 1.55. The van der Waals surface area contributed by atoms with Crippen LogP contribution < -0.4 is 16.6 Å². The van der Waals surface area contributed by atoms with E-state index < -0.39 is 4.92 Å². The molecule has 0 aliphatic carbocycles. The van der Waals surface area contributed by atoms with E-state index in [0.717, 1.165) is 0 Å². The van der Waals surface area contributed by atoms with Gasteiger partial charge in [-0.1, -0.05) is 0 Å². The third-order valence-electron chi connectivity index (χ3n) is 3.08. The number of nitrogens with two attached hydrogens (primary N) is 1. The lowest BCUT2D eigenvalue weighted by Crippen LogP contribution is -2.31. The van der Waals surface area contributed by atoms with E-state index in [-0.39, 0.29) is 11.6 Å². The van der Waals surface area contributed by atoms with E-state index in [1.165, 1.54) is 12.1 Å². The molecule has 4 N–H and O–H groups in total. The van der Waals surface area contributed by atoms with Gasteiger partial charge in [0.15, 0.2) is 0 Å². The van der Waals surface area contributed by atoms with E-state index in [0.29, 0.717) is 37.4 Å². The maximum Gasteiger partial charge on any atom is 0.273 e. The SMILES string of the molecule is CCN(CC)C(=O)CCNc1cc(NN)cc([N+](=O)[O-])c1. The zero-order chi connectivity index (χ0) is 15.8. The molecule has 1 rings (SSSR count). The van der Waals surface area contributed by atoms with Crippen molar-refractivity contribution in [2.24, 2.45) is 5.84 Å². The molecule has 8 heteroatoms. The van der Waals surface area contributed by atoms with Gasteiger partial charge in [-0.05, 0) is 19.9 Å². The Balaban J connectivity index is 2.65. The molecular weight excluding hydrogens is 274 g/mol. The normalized spacial score (nSPS) is 10.0. The van der Waals surface area contributed by atoms with Gasteiger partial charge in [0.25, 0.3) is 5.69 Å². The molecule has 0 aliphatic heterocycles. The number of non-ortho nitro benzene ring substituents is 1. The van der Waals surface area contributed by atoms with Crippen molar-refractivity contribution in [2.45, 2.75) is 20.3 Å². The first-order chi connectivity index (χ1) is 10.0. The lowest BCUT2D eigenvalue weighted by atomic mass is 10.2. The highest BCUT2D eigenvalue weighted by molar-refractivity contribution is 5.76. The van der Waals surface area contributed by atoms with Crippen LogP contribution in [-0.4, -0.2) is 35.4 Å². The Labute approximate surface area is 123 Å². The van der Waals surface area contributed by atoms with Gasteiger partial charge in [-0.2, -0.15) is 0 Å². The molecule has 0 saturated carbocycles. The minimum Gasteiger partial charge on any atom is -0.384 e. The molecule has 0 atom stereocenters. The molecule has 0 bridgehead atoms. The van der Waals surface area contributed by atoms with E-state index in [9.17, 15) is 14.9 Å².